The lowest BCUT2D eigenvalue weighted by atomic mass is 9.99. The van der Waals surface area contributed by atoms with Gasteiger partial charge in [-0.05, 0) is 63.6 Å². The van der Waals surface area contributed by atoms with Crippen LogP contribution in [0.25, 0.3) is 5.76 Å². The van der Waals surface area contributed by atoms with Crippen molar-refractivity contribution in [2.24, 2.45) is 0 Å². The molecule has 154 valence electrons. The van der Waals surface area contributed by atoms with Crippen LogP contribution < -0.4 is 0 Å². The third-order valence-corrected chi connectivity index (χ3v) is 4.68. The van der Waals surface area contributed by atoms with Gasteiger partial charge in [-0.1, -0.05) is 0 Å². The second-order valence-electron chi connectivity index (χ2n) is 7.22. The largest absolute Gasteiger partial charge is 0.507 e. The average Bonchev–Trinajstić information content (AvgIpc) is 3.21. The van der Waals surface area contributed by atoms with Crippen molar-refractivity contribution >= 4 is 17.4 Å². The van der Waals surface area contributed by atoms with Crippen LogP contribution in [0.2, 0.25) is 0 Å². The quantitative estimate of drug-likeness (QED) is 0.329. The molecule has 1 atom stereocenters. The summed E-state index contributed by atoms with van der Waals surface area (Å²) >= 11 is 0. The summed E-state index contributed by atoms with van der Waals surface area (Å²) in [6.45, 7) is 6.29. The Bertz CT molecular complexity index is 929. The summed E-state index contributed by atoms with van der Waals surface area (Å²) in [5.41, 5.74) is 0.182. The Hall–Kier alpha value is -2.93. The number of amides is 1. The number of furan rings is 1. The van der Waals surface area contributed by atoms with E-state index in [4.69, 9.17) is 9.15 Å². The first-order valence-corrected chi connectivity index (χ1v) is 9.52. The molecule has 2 heterocycles. The summed E-state index contributed by atoms with van der Waals surface area (Å²) < 4.78 is 24.5. The Kier molecular flexibility index (Phi) is 6.17. The number of benzene rings is 1. The number of carbonyl (C=O) groups excluding carboxylic acids is 2. The predicted molar refractivity (Wildman–Crippen MR) is 105 cm³/mol. The van der Waals surface area contributed by atoms with Crippen molar-refractivity contribution in [3.8, 4) is 0 Å². The number of aliphatic hydroxyl groups excluding tert-OH is 1. The van der Waals surface area contributed by atoms with Gasteiger partial charge in [-0.15, -0.1) is 0 Å². The zero-order valence-electron chi connectivity index (χ0n) is 16.6. The number of ketones is 1. The lowest BCUT2D eigenvalue weighted by molar-refractivity contribution is -0.140. The molecule has 7 heteroatoms. The SMILES string of the molecule is Cc1ccc(C2/C(=C(/O)c3ccc(F)cc3)C(=O)C(=O)N2CCCOC(C)C)o1. The molecular weight excluding hydrogens is 377 g/mol. The molecule has 1 amide bonds. The fourth-order valence-electron chi connectivity index (χ4n) is 3.32. The van der Waals surface area contributed by atoms with E-state index in [-0.39, 0.29) is 29.5 Å². The Balaban J connectivity index is 1.99. The fourth-order valence-corrected chi connectivity index (χ4v) is 3.32. The number of nitrogens with zero attached hydrogens (tertiary/aromatic N) is 1. The summed E-state index contributed by atoms with van der Waals surface area (Å²) in [7, 11) is 0. The van der Waals surface area contributed by atoms with Crippen LogP contribution in [0.3, 0.4) is 0 Å². The number of hydrogen-bond acceptors (Lipinski definition) is 5. The van der Waals surface area contributed by atoms with E-state index in [1.54, 1.807) is 19.1 Å². The first-order valence-electron chi connectivity index (χ1n) is 9.52. The van der Waals surface area contributed by atoms with Crippen LogP contribution in [0.15, 0.2) is 46.4 Å². The molecule has 0 aliphatic carbocycles. The fraction of sp³-hybridized carbons (Fsp3) is 0.364. The minimum atomic E-state index is -0.854. The number of rotatable bonds is 7. The van der Waals surface area contributed by atoms with E-state index < -0.39 is 23.5 Å². The maximum absolute atomic E-state index is 13.2. The molecule has 29 heavy (non-hydrogen) atoms. The summed E-state index contributed by atoms with van der Waals surface area (Å²) in [6, 6.07) is 7.64. The molecule has 0 radical (unpaired) electrons. The predicted octanol–water partition coefficient (Wildman–Crippen LogP) is 3.96. The van der Waals surface area contributed by atoms with Gasteiger partial charge in [-0.2, -0.15) is 0 Å². The smallest absolute Gasteiger partial charge is 0.295 e. The Morgan fingerprint density at radius 2 is 1.90 bits per heavy atom. The highest BCUT2D eigenvalue weighted by Gasteiger charge is 2.47. The highest BCUT2D eigenvalue weighted by Crippen LogP contribution is 2.40. The molecule has 6 nitrogen and oxygen atoms in total. The van der Waals surface area contributed by atoms with E-state index in [1.807, 2.05) is 13.8 Å². The van der Waals surface area contributed by atoms with Gasteiger partial charge >= 0.3 is 0 Å². The maximum atomic E-state index is 13.2. The van der Waals surface area contributed by atoms with Crippen LogP contribution in [0.4, 0.5) is 4.39 Å². The lowest BCUT2D eigenvalue weighted by Crippen LogP contribution is -2.31. The normalized spacial score (nSPS) is 18.8. The lowest BCUT2D eigenvalue weighted by Gasteiger charge is -2.23. The van der Waals surface area contributed by atoms with E-state index in [1.165, 1.54) is 29.2 Å². The van der Waals surface area contributed by atoms with Crippen molar-refractivity contribution < 1.29 is 28.2 Å². The van der Waals surface area contributed by atoms with Crippen LogP contribution in [0.1, 0.15) is 43.4 Å². The number of halogens is 1. The third-order valence-electron chi connectivity index (χ3n) is 4.68. The van der Waals surface area contributed by atoms with E-state index in [0.29, 0.717) is 24.5 Å². The second-order valence-corrected chi connectivity index (χ2v) is 7.22. The molecule has 0 spiro atoms. The number of aryl methyl sites for hydroxylation is 1. The molecule has 3 rings (SSSR count). The van der Waals surface area contributed by atoms with Crippen LogP contribution in [-0.2, 0) is 14.3 Å². The standard InChI is InChI=1S/C22H24FNO5/c1-13(2)28-12-4-11-24-19(17-10-5-14(3)29-17)18(21(26)22(24)27)20(25)15-6-8-16(23)9-7-15/h5-10,13,19,25H,4,11-12H2,1-3H3/b20-18-. The van der Waals surface area contributed by atoms with Crippen molar-refractivity contribution in [3.05, 3.63) is 64.9 Å². The number of likely N-dealkylation sites (tertiary alicyclic amines) is 1. The average molecular weight is 401 g/mol. The first-order chi connectivity index (χ1) is 13.8. The van der Waals surface area contributed by atoms with Crippen LogP contribution in [0.5, 0.6) is 0 Å². The minimum absolute atomic E-state index is 0.0624. The zero-order chi connectivity index (χ0) is 21.1. The summed E-state index contributed by atoms with van der Waals surface area (Å²) in [5.74, 6) is -1.33. The van der Waals surface area contributed by atoms with Crippen molar-refractivity contribution in [1.29, 1.82) is 0 Å². The number of carbonyl (C=O) groups is 2. The molecule has 2 aromatic rings. The van der Waals surface area contributed by atoms with Crippen LogP contribution in [0, 0.1) is 12.7 Å². The Morgan fingerprint density at radius 1 is 1.21 bits per heavy atom. The topological polar surface area (TPSA) is 80.0 Å². The van der Waals surface area contributed by atoms with Gasteiger partial charge in [0.05, 0.1) is 11.7 Å². The molecule has 1 aromatic heterocycles. The van der Waals surface area contributed by atoms with E-state index >= 15 is 0 Å². The summed E-state index contributed by atoms with van der Waals surface area (Å²) in [4.78, 5) is 26.9. The van der Waals surface area contributed by atoms with E-state index in [9.17, 15) is 19.1 Å². The van der Waals surface area contributed by atoms with Crippen molar-refractivity contribution in [3.63, 3.8) is 0 Å². The van der Waals surface area contributed by atoms with Crippen LogP contribution >= 0.6 is 0 Å². The second kappa shape index (κ2) is 8.61. The monoisotopic (exact) mass is 401 g/mol. The number of ether oxygens (including phenoxy) is 1. The molecule has 1 aliphatic rings. The van der Waals surface area contributed by atoms with Gasteiger partial charge in [0.25, 0.3) is 11.7 Å². The van der Waals surface area contributed by atoms with Gasteiger partial charge in [0.15, 0.2) is 0 Å². The first kappa shape index (κ1) is 20.8. The minimum Gasteiger partial charge on any atom is -0.507 e. The molecule has 1 unspecified atom stereocenters. The molecule has 0 bridgehead atoms. The van der Waals surface area contributed by atoms with Gasteiger partial charge in [-0.25, -0.2) is 4.39 Å². The molecule has 1 aliphatic heterocycles. The Morgan fingerprint density at radius 3 is 2.48 bits per heavy atom. The molecule has 1 N–H and O–H groups in total. The van der Waals surface area contributed by atoms with Gasteiger partial charge in [0.1, 0.15) is 29.1 Å². The third kappa shape index (κ3) is 4.40. The molecular formula is C22H24FNO5. The van der Waals surface area contributed by atoms with Crippen molar-refractivity contribution in [2.75, 3.05) is 13.2 Å². The van der Waals surface area contributed by atoms with Crippen molar-refractivity contribution in [1.82, 2.24) is 4.90 Å². The maximum Gasteiger partial charge on any atom is 0.295 e. The molecule has 1 aromatic carbocycles. The van der Waals surface area contributed by atoms with Gasteiger partial charge < -0.3 is 19.2 Å². The van der Waals surface area contributed by atoms with E-state index in [2.05, 4.69) is 0 Å². The van der Waals surface area contributed by atoms with Gasteiger partial charge in [0, 0.05) is 18.7 Å². The number of aliphatic hydroxyl groups is 1. The van der Waals surface area contributed by atoms with Gasteiger partial charge in [-0.3, -0.25) is 9.59 Å². The van der Waals surface area contributed by atoms with E-state index in [0.717, 1.165) is 0 Å². The molecule has 1 fully saturated rings. The zero-order valence-corrected chi connectivity index (χ0v) is 16.6. The van der Waals surface area contributed by atoms with Crippen molar-refractivity contribution in [2.45, 2.75) is 39.3 Å². The Labute approximate surface area is 168 Å². The summed E-state index contributed by atoms with van der Waals surface area (Å²) in [6.07, 6.45) is 0.588. The highest BCUT2D eigenvalue weighted by atomic mass is 19.1. The molecule has 0 saturated carbocycles. The van der Waals surface area contributed by atoms with Crippen LogP contribution in [-0.4, -0.2) is 41.0 Å². The molecule has 1 saturated heterocycles. The van der Waals surface area contributed by atoms with Gasteiger partial charge in [0.2, 0.25) is 0 Å². The number of hydrogen-bond donors (Lipinski definition) is 1. The number of Topliss-reactive ketones (excluding diaryl/α,β-unsaturated/α-hetero) is 1. The summed E-state index contributed by atoms with van der Waals surface area (Å²) in [5, 5.41) is 10.8. The highest BCUT2D eigenvalue weighted by molar-refractivity contribution is 6.46.